The fourth-order valence-electron chi connectivity index (χ4n) is 1.56. The fourth-order valence-corrected chi connectivity index (χ4v) is 2.12. The number of rotatable bonds is 6. The largest absolute Gasteiger partial charge is 0.480 e. The third-order valence-corrected chi connectivity index (χ3v) is 3.28. The topological polar surface area (TPSA) is 76.5 Å². The van der Waals surface area contributed by atoms with Gasteiger partial charge in [0, 0.05) is 11.8 Å². The Bertz CT molecular complexity index is 390. The van der Waals surface area contributed by atoms with Gasteiger partial charge < -0.3 is 9.84 Å². The quantitative estimate of drug-likeness (QED) is 0.620. The van der Waals surface area contributed by atoms with Crippen molar-refractivity contribution in [3.05, 3.63) is 16.6 Å². The Hall–Kier alpha value is -1.43. The van der Waals surface area contributed by atoms with E-state index in [4.69, 9.17) is 4.74 Å². The number of aliphatic carboxylic acids is 1. The maximum atomic E-state index is 11.8. The van der Waals surface area contributed by atoms with Crippen LogP contribution in [0.2, 0.25) is 0 Å². The summed E-state index contributed by atoms with van der Waals surface area (Å²) in [6.07, 6.45) is 0.250. The number of hydrogen-bond acceptors (Lipinski definition) is 5. The van der Waals surface area contributed by atoms with E-state index >= 15 is 0 Å². The maximum Gasteiger partial charge on any atom is 0.323 e. The highest BCUT2D eigenvalue weighted by Gasteiger charge is 2.46. The number of nitrogens with zero attached hydrogens (tertiary/aromatic N) is 1. The minimum atomic E-state index is -1.52. The molecule has 0 amide bonds. The van der Waals surface area contributed by atoms with Crippen molar-refractivity contribution in [1.82, 2.24) is 4.98 Å². The highest BCUT2D eigenvalue weighted by atomic mass is 32.1. The molecule has 0 aliphatic heterocycles. The minimum Gasteiger partial charge on any atom is -0.480 e. The number of carboxylic acids is 1. The molecule has 94 valence electrons. The molecule has 1 aromatic rings. The van der Waals surface area contributed by atoms with Gasteiger partial charge in [-0.15, -0.1) is 11.3 Å². The van der Waals surface area contributed by atoms with Crippen LogP contribution in [0.3, 0.4) is 0 Å². The number of thiazole rings is 1. The third kappa shape index (κ3) is 2.82. The average Bonchev–Trinajstić information content (AvgIpc) is 2.78. The molecular weight excluding hydrogens is 242 g/mol. The zero-order chi connectivity index (χ0) is 12.9. The molecule has 1 aromatic heterocycles. The van der Waals surface area contributed by atoms with Crippen LogP contribution >= 0.6 is 11.3 Å². The van der Waals surface area contributed by atoms with Gasteiger partial charge in [-0.1, -0.05) is 6.92 Å². The van der Waals surface area contributed by atoms with Gasteiger partial charge in [0.25, 0.3) is 0 Å². The lowest BCUT2D eigenvalue weighted by Gasteiger charge is -2.24. The summed E-state index contributed by atoms with van der Waals surface area (Å²) in [7, 11) is 0. The van der Waals surface area contributed by atoms with Crippen LogP contribution in [0.25, 0.3) is 0 Å². The minimum absolute atomic E-state index is 0.0706. The number of ether oxygens (including phenoxy) is 1. The zero-order valence-electron chi connectivity index (χ0n) is 9.80. The van der Waals surface area contributed by atoms with Crippen LogP contribution in [-0.2, 0) is 20.7 Å². The van der Waals surface area contributed by atoms with Crippen molar-refractivity contribution in [2.45, 2.75) is 26.7 Å². The lowest BCUT2D eigenvalue weighted by Crippen LogP contribution is -2.42. The SMILES string of the molecule is CCOC(=O)C(CC)(Cc1cscn1)C(=O)O. The molecule has 5 nitrogen and oxygen atoms in total. The summed E-state index contributed by atoms with van der Waals surface area (Å²) >= 11 is 1.37. The summed E-state index contributed by atoms with van der Waals surface area (Å²) in [5, 5.41) is 11.0. The van der Waals surface area contributed by atoms with Gasteiger partial charge in [0.15, 0.2) is 5.41 Å². The first kappa shape index (κ1) is 13.6. The Morgan fingerprint density at radius 3 is 2.65 bits per heavy atom. The smallest absolute Gasteiger partial charge is 0.323 e. The highest BCUT2D eigenvalue weighted by molar-refractivity contribution is 7.07. The summed E-state index contributed by atoms with van der Waals surface area (Å²) < 4.78 is 4.86. The molecule has 0 aliphatic rings. The van der Waals surface area contributed by atoms with E-state index in [0.29, 0.717) is 5.69 Å². The molecule has 1 N–H and O–H groups in total. The van der Waals surface area contributed by atoms with E-state index in [9.17, 15) is 14.7 Å². The van der Waals surface area contributed by atoms with Crippen molar-refractivity contribution in [3.8, 4) is 0 Å². The second-order valence-corrected chi connectivity index (χ2v) is 4.34. The number of carboxylic acid groups (broad SMARTS) is 1. The zero-order valence-corrected chi connectivity index (χ0v) is 10.6. The predicted molar refractivity (Wildman–Crippen MR) is 62.8 cm³/mol. The van der Waals surface area contributed by atoms with Gasteiger partial charge in [-0.05, 0) is 13.3 Å². The maximum absolute atomic E-state index is 11.8. The van der Waals surface area contributed by atoms with E-state index in [0.717, 1.165) is 0 Å². The summed E-state index contributed by atoms with van der Waals surface area (Å²) in [5.74, 6) is -1.85. The van der Waals surface area contributed by atoms with Gasteiger partial charge in [0.2, 0.25) is 0 Å². The molecule has 0 aromatic carbocycles. The fraction of sp³-hybridized carbons (Fsp3) is 0.545. The molecule has 0 aliphatic carbocycles. The number of carbonyl (C=O) groups is 2. The first-order chi connectivity index (χ1) is 8.06. The molecule has 0 bridgehead atoms. The standard InChI is InChI=1S/C11H15NO4S/c1-3-11(9(13)14,10(15)16-4-2)5-8-6-17-7-12-8/h6-7H,3-5H2,1-2H3,(H,13,14). The van der Waals surface area contributed by atoms with E-state index in [2.05, 4.69) is 4.98 Å². The summed E-state index contributed by atoms with van der Waals surface area (Å²) in [6, 6.07) is 0. The Morgan fingerprint density at radius 1 is 1.53 bits per heavy atom. The van der Waals surface area contributed by atoms with Crippen molar-refractivity contribution >= 4 is 23.3 Å². The molecule has 0 saturated carbocycles. The molecule has 1 atom stereocenters. The molecule has 1 rings (SSSR count). The monoisotopic (exact) mass is 257 g/mol. The van der Waals surface area contributed by atoms with Crippen LogP contribution < -0.4 is 0 Å². The molecular formula is C11H15NO4S. The van der Waals surface area contributed by atoms with Crippen molar-refractivity contribution in [1.29, 1.82) is 0 Å². The second-order valence-electron chi connectivity index (χ2n) is 3.62. The van der Waals surface area contributed by atoms with E-state index < -0.39 is 17.4 Å². The number of carbonyl (C=O) groups excluding carboxylic acids is 1. The van der Waals surface area contributed by atoms with Crippen molar-refractivity contribution < 1.29 is 19.4 Å². The summed E-state index contributed by atoms with van der Waals surface area (Å²) in [6.45, 7) is 3.49. The molecule has 0 radical (unpaired) electrons. The van der Waals surface area contributed by atoms with Crippen molar-refractivity contribution in [3.63, 3.8) is 0 Å². The number of esters is 1. The molecule has 0 saturated heterocycles. The Labute approximate surface area is 103 Å². The summed E-state index contributed by atoms with van der Waals surface area (Å²) in [5.41, 5.74) is 0.694. The molecule has 1 heterocycles. The Kier molecular flexibility index (Phi) is 4.62. The van der Waals surface area contributed by atoms with Gasteiger partial charge in [0.1, 0.15) is 0 Å². The lowest BCUT2D eigenvalue weighted by atomic mass is 9.81. The number of aromatic nitrogens is 1. The molecule has 6 heteroatoms. The van der Waals surface area contributed by atoms with Crippen LogP contribution in [0.1, 0.15) is 26.0 Å². The molecule has 17 heavy (non-hydrogen) atoms. The second kappa shape index (κ2) is 5.77. The van der Waals surface area contributed by atoms with Gasteiger partial charge in [-0.2, -0.15) is 0 Å². The molecule has 0 fully saturated rings. The van der Waals surface area contributed by atoms with Crippen LogP contribution in [0.4, 0.5) is 0 Å². The first-order valence-electron chi connectivity index (χ1n) is 5.34. The first-order valence-corrected chi connectivity index (χ1v) is 6.28. The van der Waals surface area contributed by atoms with Crippen molar-refractivity contribution in [2.24, 2.45) is 5.41 Å². The van der Waals surface area contributed by atoms with E-state index in [-0.39, 0.29) is 19.4 Å². The Morgan fingerprint density at radius 2 is 2.24 bits per heavy atom. The van der Waals surface area contributed by atoms with Gasteiger partial charge >= 0.3 is 11.9 Å². The van der Waals surface area contributed by atoms with Gasteiger partial charge in [0.05, 0.1) is 17.8 Å². The highest BCUT2D eigenvalue weighted by Crippen LogP contribution is 2.29. The third-order valence-electron chi connectivity index (χ3n) is 2.65. The molecule has 0 spiro atoms. The lowest BCUT2D eigenvalue weighted by molar-refractivity contribution is -0.169. The molecule has 1 unspecified atom stereocenters. The van der Waals surface area contributed by atoms with Gasteiger partial charge in [-0.25, -0.2) is 4.98 Å². The average molecular weight is 257 g/mol. The van der Waals surface area contributed by atoms with Gasteiger partial charge in [-0.3, -0.25) is 9.59 Å². The van der Waals surface area contributed by atoms with Crippen LogP contribution in [0.5, 0.6) is 0 Å². The van der Waals surface area contributed by atoms with Crippen LogP contribution in [0, 0.1) is 5.41 Å². The normalized spacial score (nSPS) is 14.0. The van der Waals surface area contributed by atoms with E-state index in [1.54, 1.807) is 24.7 Å². The summed E-state index contributed by atoms with van der Waals surface area (Å²) in [4.78, 5) is 27.2. The van der Waals surface area contributed by atoms with Crippen LogP contribution in [-0.4, -0.2) is 28.6 Å². The predicted octanol–water partition coefficient (Wildman–Crippen LogP) is 1.73. The van der Waals surface area contributed by atoms with E-state index in [1.165, 1.54) is 11.3 Å². The van der Waals surface area contributed by atoms with E-state index in [1.807, 2.05) is 0 Å². The Balaban J connectivity index is 3.00. The number of hydrogen-bond donors (Lipinski definition) is 1. The van der Waals surface area contributed by atoms with Crippen molar-refractivity contribution in [2.75, 3.05) is 6.61 Å². The van der Waals surface area contributed by atoms with Crippen LogP contribution in [0.15, 0.2) is 10.9 Å².